The Morgan fingerprint density at radius 1 is 1.47 bits per heavy atom. The van der Waals surface area contributed by atoms with Crippen LogP contribution in [0.2, 0.25) is 0 Å². The van der Waals surface area contributed by atoms with Gasteiger partial charge in [-0.2, -0.15) is 5.26 Å². The van der Waals surface area contributed by atoms with Gasteiger partial charge in [0.15, 0.2) is 0 Å². The molecule has 1 saturated heterocycles. The van der Waals surface area contributed by atoms with Crippen molar-refractivity contribution in [3.8, 4) is 6.07 Å². The van der Waals surface area contributed by atoms with Crippen LogP contribution in [0.15, 0.2) is 24.3 Å². The van der Waals surface area contributed by atoms with E-state index in [1.54, 1.807) is 12.1 Å². The van der Waals surface area contributed by atoms with Crippen LogP contribution in [0.3, 0.4) is 0 Å². The number of likely N-dealkylation sites (tertiary alicyclic amines) is 1. The van der Waals surface area contributed by atoms with Crippen molar-refractivity contribution in [1.82, 2.24) is 4.90 Å². The van der Waals surface area contributed by atoms with Crippen molar-refractivity contribution in [2.75, 3.05) is 13.1 Å². The Morgan fingerprint density at radius 2 is 2.16 bits per heavy atom. The summed E-state index contributed by atoms with van der Waals surface area (Å²) in [6, 6.07) is 9.57. The standard InChI is InChI=1S/C15H18N2O2/c1-15(14(18)19)7-2-8-17(11-15)10-13-5-3-12(9-16)4-6-13/h3-6H,2,7-8,10-11H2,1H3,(H,18,19). The van der Waals surface area contributed by atoms with Gasteiger partial charge in [-0.25, -0.2) is 0 Å². The summed E-state index contributed by atoms with van der Waals surface area (Å²) in [6.07, 6.45) is 1.66. The maximum absolute atomic E-state index is 11.3. The minimum absolute atomic E-state index is 0.586. The molecule has 1 aromatic rings. The molecular weight excluding hydrogens is 240 g/mol. The Morgan fingerprint density at radius 3 is 2.74 bits per heavy atom. The molecule has 1 atom stereocenters. The van der Waals surface area contributed by atoms with Crippen molar-refractivity contribution in [3.05, 3.63) is 35.4 Å². The summed E-state index contributed by atoms with van der Waals surface area (Å²) in [5.41, 5.74) is 1.14. The third kappa shape index (κ3) is 3.12. The molecule has 2 rings (SSSR count). The van der Waals surface area contributed by atoms with Crippen LogP contribution >= 0.6 is 0 Å². The van der Waals surface area contributed by atoms with E-state index in [0.29, 0.717) is 12.1 Å². The van der Waals surface area contributed by atoms with Crippen LogP contribution in [0.4, 0.5) is 0 Å². The number of carboxylic acids is 1. The molecule has 0 amide bonds. The average Bonchev–Trinajstić information content (AvgIpc) is 2.39. The number of nitriles is 1. The van der Waals surface area contributed by atoms with Crippen molar-refractivity contribution in [1.29, 1.82) is 5.26 Å². The van der Waals surface area contributed by atoms with Crippen LogP contribution in [0.5, 0.6) is 0 Å². The van der Waals surface area contributed by atoms with Gasteiger partial charge < -0.3 is 5.11 Å². The lowest BCUT2D eigenvalue weighted by molar-refractivity contribution is -0.151. The van der Waals surface area contributed by atoms with E-state index in [2.05, 4.69) is 11.0 Å². The van der Waals surface area contributed by atoms with Gasteiger partial charge in [0.05, 0.1) is 17.0 Å². The molecule has 1 aromatic carbocycles. The molecule has 1 aliphatic heterocycles. The lowest BCUT2D eigenvalue weighted by Crippen LogP contribution is -2.45. The number of hydrogen-bond acceptors (Lipinski definition) is 3. The van der Waals surface area contributed by atoms with Gasteiger partial charge in [-0.15, -0.1) is 0 Å². The van der Waals surface area contributed by atoms with Crippen LogP contribution in [-0.4, -0.2) is 29.1 Å². The third-order valence-corrected chi connectivity index (χ3v) is 3.78. The van der Waals surface area contributed by atoms with E-state index >= 15 is 0 Å². The Bertz CT molecular complexity index is 504. The number of carboxylic acid groups (broad SMARTS) is 1. The molecule has 0 aromatic heterocycles. The highest BCUT2D eigenvalue weighted by Crippen LogP contribution is 2.30. The zero-order chi connectivity index (χ0) is 13.9. The van der Waals surface area contributed by atoms with Gasteiger partial charge >= 0.3 is 5.97 Å². The highest BCUT2D eigenvalue weighted by Gasteiger charge is 2.37. The second-order valence-corrected chi connectivity index (χ2v) is 5.49. The topological polar surface area (TPSA) is 64.3 Å². The smallest absolute Gasteiger partial charge is 0.310 e. The van der Waals surface area contributed by atoms with E-state index in [4.69, 9.17) is 5.26 Å². The summed E-state index contributed by atoms with van der Waals surface area (Å²) in [6.45, 7) is 4.08. The first-order valence-corrected chi connectivity index (χ1v) is 6.48. The summed E-state index contributed by atoms with van der Waals surface area (Å²) in [5, 5.41) is 18.0. The van der Waals surface area contributed by atoms with E-state index < -0.39 is 11.4 Å². The Hall–Kier alpha value is -1.86. The predicted octanol–water partition coefficient (Wildman–Crippen LogP) is 2.24. The van der Waals surface area contributed by atoms with E-state index in [0.717, 1.165) is 31.5 Å². The Balaban J connectivity index is 2.02. The lowest BCUT2D eigenvalue weighted by atomic mass is 9.82. The second-order valence-electron chi connectivity index (χ2n) is 5.49. The van der Waals surface area contributed by atoms with Gasteiger partial charge in [0.2, 0.25) is 0 Å². The van der Waals surface area contributed by atoms with Crippen molar-refractivity contribution in [3.63, 3.8) is 0 Å². The molecule has 0 aliphatic carbocycles. The van der Waals surface area contributed by atoms with E-state index in [-0.39, 0.29) is 0 Å². The number of nitrogens with zero attached hydrogens (tertiary/aromatic N) is 2. The van der Waals surface area contributed by atoms with Crippen molar-refractivity contribution < 1.29 is 9.90 Å². The Labute approximate surface area is 113 Å². The van der Waals surface area contributed by atoms with Crippen LogP contribution in [0, 0.1) is 16.7 Å². The molecule has 1 N–H and O–H groups in total. The maximum Gasteiger partial charge on any atom is 0.310 e. The van der Waals surface area contributed by atoms with Gasteiger partial charge in [0.25, 0.3) is 0 Å². The maximum atomic E-state index is 11.3. The number of benzene rings is 1. The van der Waals surface area contributed by atoms with E-state index in [9.17, 15) is 9.90 Å². The molecule has 4 nitrogen and oxygen atoms in total. The molecular formula is C15H18N2O2. The van der Waals surface area contributed by atoms with Crippen molar-refractivity contribution in [2.45, 2.75) is 26.3 Å². The number of carbonyl (C=O) groups is 1. The molecule has 1 unspecified atom stereocenters. The van der Waals surface area contributed by atoms with Gasteiger partial charge in [0, 0.05) is 13.1 Å². The monoisotopic (exact) mass is 258 g/mol. The van der Waals surface area contributed by atoms with Crippen molar-refractivity contribution in [2.24, 2.45) is 5.41 Å². The van der Waals surface area contributed by atoms with Gasteiger partial charge in [-0.05, 0) is 44.0 Å². The normalized spacial score (nSPS) is 23.8. The number of piperidine rings is 1. The van der Waals surface area contributed by atoms with Crippen LogP contribution in [0.25, 0.3) is 0 Å². The number of rotatable bonds is 3. The van der Waals surface area contributed by atoms with Crippen LogP contribution in [-0.2, 0) is 11.3 Å². The number of aliphatic carboxylic acids is 1. The summed E-state index contributed by atoms with van der Waals surface area (Å²) in [7, 11) is 0. The van der Waals surface area contributed by atoms with Crippen LogP contribution in [0.1, 0.15) is 30.9 Å². The molecule has 100 valence electrons. The largest absolute Gasteiger partial charge is 0.481 e. The highest BCUT2D eigenvalue weighted by molar-refractivity contribution is 5.74. The Kier molecular flexibility index (Phi) is 3.87. The first-order chi connectivity index (χ1) is 9.03. The molecule has 19 heavy (non-hydrogen) atoms. The van der Waals surface area contributed by atoms with Gasteiger partial charge in [0.1, 0.15) is 0 Å². The van der Waals surface area contributed by atoms with E-state index in [1.165, 1.54) is 0 Å². The first-order valence-electron chi connectivity index (χ1n) is 6.48. The summed E-state index contributed by atoms with van der Waals surface area (Å²) < 4.78 is 0. The summed E-state index contributed by atoms with van der Waals surface area (Å²) in [4.78, 5) is 13.5. The zero-order valence-electron chi connectivity index (χ0n) is 11.1. The first kappa shape index (κ1) is 13.6. The quantitative estimate of drug-likeness (QED) is 0.903. The molecule has 1 aliphatic rings. The van der Waals surface area contributed by atoms with E-state index in [1.807, 2.05) is 19.1 Å². The average molecular weight is 258 g/mol. The minimum atomic E-state index is -0.711. The minimum Gasteiger partial charge on any atom is -0.481 e. The molecule has 0 bridgehead atoms. The van der Waals surface area contributed by atoms with Gasteiger partial charge in [-0.3, -0.25) is 9.69 Å². The summed E-state index contributed by atoms with van der Waals surface area (Å²) >= 11 is 0. The van der Waals surface area contributed by atoms with Gasteiger partial charge in [-0.1, -0.05) is 12.1 Å². The fourth-order valence-electron chi connectivity index (χ4n) is 2.60. The van der Waals surface area contributed by atoms with Crippen molar-refractivity contribution >= 4 is 5.97 Å². The molecule has 0 radical (unpaired) electrons. The molecule has 1 heterocycles. The number of hydrogen-bond donors (Lipinski definition) is 1. The zero-order valence-corrected chi connectivity index (χ0v) is 11.1. The highest BCUT2D eigenvalue weighted by atomic mass is 16.4. The fourth-order valence-corrected chi connectivity index (χ4v) is 2.60. The molecule has 1 fully saturated rings. The molecule has 0 spiro atoms. The lowest BCUT2D eigenvalue weighted by Gasteiger charge is -2.37. The fraction of sp³-hybridized carbons (Fsp3) is 0.467. The SMILES string of the molecule is CC1(C(=O)O)CCCN(Cc2ccc(C#N)cc2)C1. The second kappa shape index (κ2) is 5.41. The molecule has 0 saturated carbocycles. The van der Waals surface area contributed by atoms with Crippen LogP contribution < -0.4 is 0 Å². The predicted molar refractivity (Wildman–Crippen MR) is 71.4 cm³/mol. The molecule has 4 heteroatoms. The summed E-state index contributed by atoms with van der Waals surface area (Å²) in [5.74, 6) is -0.711. The third-order valence-electron chi connectivity index (χ3n) is 3.78.